The first-order chi connectivity index (χ1) is 17.1. The predicted octanol–water partition coefficient (Wildman–Crippen LogP) is 4.50. The highest BCUT2D eigenvalue weighted by molar-refractivity contribution is 7.71. The second-order valence-corrected chi connectivity index (χ2v) is 9.46. The number of hydrogen-bond acceptors (Lipinski definition) is 4. The lowest BCUT2D eigenvalue weighted by atomic mass is 10.0. The van der Waals surface area contributed by atoms with Crippen molar-refractivity contribution in [3.05, 3.63) is 111 Å². The highest BCUT2D eigenvalue weighted by Crippen LogP contribution is 2.15. The Bertz CT molecular complexity index is 1440. The topological polar surface area (TPSA) is 70.1 Å². The minimum atomic E-state index is -0.121. The van der Waals surface area contributed by atoms with E-state index in [1.165, 1.54) is 5.56 Å². The number of rotatable bonds is 6. The van der Waals surface area contributed by atoms with Gasteiger partial charge in [-0.3, -0.25) is 19.1 Å². The van der Waals surface area contributed by atoms with Crippen molar-refractivity contribution >= 4 is 29.0 Å². The van der Waals surface area contributed by atoms with Crippen molar-refractivity contribution in [2.45, 2.75) is 32.0 Å². The molecule has 0 radical (unpaired) electrons. The van der Waals surface area contributed by atoms with Crippen molar-refractivity contribution in [1.82, 2.24) is 19.8 Å². The van der Waals surface area contributed by atoms with Gasteiger partial charge in [0.1, 0.15) is 0 Å². The van der Waals surface area contributed by atoms with E-state index in [1.54, 1.807) is 10.6 Å². The Morgan fingerprint density at radius 1 is 0.886 bits per heavy atom. The average Bonchev–Trinajstić information content (AvgIpc) is 2.89. The first-order valence-corrected chi connectivity index (χ1v) is 12.4. The highest BCUT2D eigenvalue weighted by Gasteiger charge is 2.21. The first-order valence-electron chi connectivity index (χ1n) is 11.9. The molecule has 3 aromatic carbocycles. The number of H-pyrrole nitrogens is 1. The van der Waals surface area contributed by atoms with Crippen LogP contribution in [0.25, 0.3) is 10.9 Å². The van der Waals surface area contributed by atoms with E-state index >= 15 is 0 Å². The lowest BCUT2D eigenvalue weighted by Crippen LogP contribution is -2.44. The molecule has 2 heterocycles. The van der Waals surface area contributed by atoms with Gasteiger partial charge in [-0.15, -0.1) is 0 Å². The van der Waals surface area contributed by atoms with Crippen LogP contribution in [0.3, 0.4) is 0 Å². The molecule has 4 aromatic rings. The summed E-state index contributed by atoms with van der Waals surface area (Å²) in [5, 5.41) is 3.79. The molecule has 2 N–H and O–H groups in total. The summed E-state index contributed by atoms with van der Waals surface area (Å²) in [4.78, 5) is 31.3. The number of fused-ring (bicyclic) bond motifs is 1. The van der Waals surface area contributed by atoms with Crippen LogP contribution in [-0.4, -0.2) is 39.5 Å². The summed E-state index contributed by atoms with van der Waals surface area (Å²) in [6, 6.07) is 25.4. The largest absolute Gasteiger partial charge is 0.349 e. The van der Waals surface area contributed by atoms with Crippen LogP contribution < -0.4 is 10.9 Å². The summed E-state index contributed by atoms with van der Waals surface area (Å²) in [6.45, 7) is 3.24. The van der Waals surface area contributed by atoms with E-state index in [1.807, 2.05) is 48.5 Å². The molecule has 0 atom stereocenters. The fourth-order valence-electron chi connectivity index (χ4n) is 4.63. The Labute approximate surface area is 209 Å². The van der Waals surface area contributed by atoms with Crippen LogP contribution in [-0.2, 0) is 13.1 Å². The third-order valence-corrected chi connectivity index (χ3v) is 6.94. The normalized spacial score (nSPS) is 14.7. The second-order valence-electron chi connectivity index (χ2n) is 9.07. The van der Waals surface area contributed by atoms with Gasteiger partial charge in [0.25, 0.3) is 11.5 Å². The van der Waals surface area contributed by atoms with Crippen LogP contribution in [0.5, 0.6) is 0 Å². The molecule has 0 unspecified atom stereocenters. The highest BCUT2D eigenvalue weighted by atomic mass is 32.1. The van der Waals surface area contributed by atoms with E-state index in [4.69, 9.17) is 12.2 Å². The van der Waals surface area contributed by atoms with Gasteiger partial charge in [-0.05, 0) is 60.5 Å². The maximum absolute atomic E-state index is 12.9. The van der Waals surface area contributed by atoms with Crippen molar-refractivity contribution < 1.29 is 4.79 Å². The molecule has 1 aliphatic heterocycles. The number of piperidine rings is 1. The van der Waals surface area contributed by atoms with E-state index in [9.17, 15) is 9.59 Å². The number of amides is 1. The number of aromatic amines is 1. The minimum absolute atomic E-state index is 0.0572. The van der Waals surface area contributed by atoms with Gasteiger partial charge in [0.2, 0.25) is 0 Å². The Kier molecular flexibility index (Phi) is 6.88. The summed E-state index contributed by atoms with van der Waals surface area (Å²) in [5.74, 6) is -0.0572. The number of para-hydroxylation sites is 1. The smallest absolute Gasteiger partial charge is 0.262 e. The Hall–Kier alpha value is -3.55. The van der Waals surface area contributed by atoms with Crippen LogP contribution in [0.4, 0.5) is 0 Å². The molecule has 1 aromatic heterocycles. The molecule has 5 rings (SSSR count). The van der Waals surface area contributed by atoms with Crippen LogP contribution in [0, 0.1) is 4.77 Å². The molecule has 178 valence electrons. The van der Waals surface area contributed by atoms with Crippen molar-refractivity contribution in [2.75, 3.05) is 13.1 Å². The lowest BCUT2D eigenvalue weighted by molar-refractivity contribution is 0.0909. The molecule has 1 fully saturated rings. The first kappa shape index (κ1) is 23.2. The number of carbonyl (C=O) groups excluding carboxylic acids is 1. The molecule has 1 aliphatic rings. The molecule has 6 nitrogen and oxygen atoms in total. The number of nitrogens with one attached hydrogen (secondary N) is 2. The molecule has 1 saturated heterocycles. The van der Waals surface area contributed by atoms with Crippen LogP contribution in [0.2, 0.25) is 0 Å². The predicted molar refractivity (Wildman–Crippen MR) is 141 cm³/mol. The third-order valence-electron chi connectivity index (χ3n) is 6.62. The van der Waals surface area contributed by atoms with Gasteiger partial charge in [-0.1, -0.05) is 54.6 Å². The quantitative estimate of drug-likeness (QED) is 0.396. The van der Waals surface area contributed by atoms with Crippen LogP contribution >= 0.6 is 12.2 Å². The summed E-state index contributed by atoms with van der Waals surface area (Å²) in [5.41, 5.74) is 3.47. The van der Waals surface area contributed by atoms with Gasteiger partial charge >= 0.3 is 0 Å². The zero-order chi connectivity index (χ0) is 24.2. The standard InChI is InChI=1S/C28H28N4O2S/c33-26(29-23-14-16-31(17-15-23)18-20-6-2-1-3-7-20)22-12-10-21(11-13-22)19-32-27(34)24-8-4-5-9-25(24)30-28(32)35/h1-13,23H,14-19H2,(H,29,33)(H,30,35). The summed E-state index contributed by atoms with van der Waals surface area (Å²) < 4.78 is 1.94. The van der Waals surface area contributed by atoms with Crippen LogP contribution in [0.1, 0.15) is 34.3 Å². The van der Waals surface area contributed by atoms with Gasteiger partial charge < -0.3 is 10.3 Å². The van der Waals surface area contributed by atoms with E-state index in [0.717, 1.165) is 43.6 Å². The third kappa shape index (κ3) is 5.42. The molecule has 0 bridgehead atoms. The lowest BCUT2D eigenvalue weighted by Gasteiger charge is -2.32. The van der Waals surface area contributed by atoms with E-state index in [-0.39, 0.29) is 17.5 Å². The van der Waals surface area contributed by atoms with Gasteiger partial charge in [0, 0.05) is 31.2 Å². The monoisotopic (exact) mass is 484 g/mol. The van der Waals surface area contributed by atoms with E-state index in [0.29, 0.717) is 22.3 Å². The Morgan fingerprint density at radius 2 is 1.54 bits per heavy atom. The van der Waals surface area contributed by atoms with Gasteiger partial charge in [-0.25, -0.2) is 0 Å². The van der Waals surface area contributed by atoms with Crippen molar-refractivity contribution in [2.24, 2.45) is 0 Å². The van der Waals surface area contributed by atoms with E-state index < -0.39 is 0 Å². The van der Waals surface area contributed by atoms with Gasteiger partial charge in [-0.2, -0.15) is 0 Å². The maximum atomic E-state index is 12.9. The Balaban J connectivity index is 1.18. The average molecular weight is 485 g/mol. The van der Waals surface area contributed by atoms with Gasteiger partial charge in [0.05, 0.1) is 17.4 Å². The van der Waals surface area contributed by atoms with Gasteiger partial charge in [0.15, 0.2) is 4.77 Å². The Morgan fingerprint density at radius 3 is 2.29 bits per heavy atom. The van der Waals surface area contributed by atoms with Crippen molar-refractivity contribution in [3.63, 3.8) is 0 Å². The number of benzene rings is 3. The fraction of sp³-hybridized carbons (Fsp3) is 0.250. The molecule has 35 heavy (non-hydrogen) atoms. The zero-order valence-corrected chi connectivity index (χ0v) is 20.3. The number of hydrogen-bond donors (Lipinski definition) is 2. The summed E-state index contributed by atoms with van der Waals surface area (Å²) in [6.07, 6.45) is 1.89. The minimum Gasteiger partial charge on any atom is -0.349 e. The van der Waals surface area contributed by atoms with Crippen molar-refractivity contribution in [1.29, 1.82) is 0 Å². The fourth-order valence-corrected chi connectivity index (χ4v) is 4.89. The number of nitrogens with zero attached hydrogens (tertiary/aromatic N) is 2. The molecule has 0 spiro atoms. The molecule has 1 amide bonds. The molecular weight excluding hydrogens is 456 g/mol. The second kappa shape index (κ2) is 10.4. The molecular formula is C28H28N4O2S. The number of likely N-dealkylation sites (tertiary alicyclic amines) is 1. The van der Waals surface area contributed by atoms with Crippen LogP contribution in [0.15, 0.2) is 83.7 Å². The van der Waals surface area contributed by atoms with Crippen molar-refractivity contribution in [3.8, 4) is 0 Å². The SMILES string of the molecule is O=C(NC1CCN(Cc2ccccc2)CC1)c1ccc(Cn2c(=S)[nH]c3ccccc3c2=O)cc1. The molecule has 0 saturated carbocycles. The molecule has 0 aliphatic carbocycles. The zero-order valence-electron chi connectivity index (χ0n) is 19.4. The van der Waals surface area contributed by atoms with E-state index in [2.05, 4.69) is 39.5 Å². The maximum Gasteiger partial charge on any atom is 0.262 e. The summed E-state index contributed by atoms with van der Waals surface area (Å²) in [7, 11) is 0. The summed E-state index contributed by atoms with van der Waals surface area (Å²) >= 11 is 5.41. The molecule has 7 heteroatoms. The number of aromatic nitrogens is 2. The number of carbonyl (C=O) groups is 1.